The highest BCUT2D eigenvalue weighted by Crippen LogP contribution is 2.31. The molecule has 0 spiro atoms. The van der Waals surface area contributed by atoms with E-state index in [1.165, 1.54) is 0 Å². The van der Waals surface area contributed by atoms with Crippen molar-refractivity contribution in [3.05, 3.63) is 63.1 Å². The van der Waals surface area contributed by atoms with Gasteiger partial charge in [0.15, 0.2) is 0 Å². The van der Waals surface area contributed by atoms with Gasteiger partial charge in [0.2, 0.25) is 0 Å². The number of nitrogens with one attached hydrogen (secondary N) is 1. The standard InChI is InChI=1S/C16H16Cl3NS/c1-2-20-16(14-9-12(18)6-7-15(14)19)10-21-13-5-3-4-11(17)8-13/h3-9,16,20H,2,10H2,1H3. The third-order valence-electron chi connectivity index (χ3n) is 3.00. The zero-order valence-corrected chi connectivity index (χ0v) is 14.7. The van der Waals surface area contributed by atoms with E-state index >= 15 is 0 Å². The van der Waals surface area contributed by atoms with Crippen LogP contribution < -0.4 is 5.32 Å². The summed E-state index contributed by atoms with van der Waals surface area (Å²) in [5.74, 6) is 0.855. The molecule has 0 aliphatic carbocycles. The van der Waals surface area contributed by atoms with Crippen LogP contribution in [0.1, 0.15) is 18.5 Å². The second-order valence-corrected chi connectivity index (χ2v) is 6.92. The van der Waals surface area contributed by atoms with E-state index in [0.717, 1.165) is 32.8 Å². The minimum atomic E-state index is 0.144. The van der Waals surface area contributed by atoms with Crippen LogP contribution in [0.4, 0.5) is 0 Å². The molecule has 0 fully saturated rings. The van der Waals surface area contributed by atoms with Gasteiger partial charge in [-0.2, -0.15) is 0 Å². The van der Waals surface area contributed by atoms with Crippen LogP contribution in [0.25, 0.3) is 0 Å². The van der Waals surface area contributed by atoms with Crippen LogP contribution in [0.15, 0.2) is 47.4 Å². The van der Waals surface area contributed by atoms with E-state index in [1.807, 2.05) is 30.3 Å². The van der Waals surface area contributed by atoms with Crippen molar-refractivity contribution in [3.8, 4) is 0 Å². The molecule has 0 bridgehead atoms. The first-order valence-electron chi connectivity index (χ1n) is 6.67. The third-order valence-corrected chi connectivity index (χ3v) is 4.90. The maximum atomic E-state index is 6.30. The van der Waals surface area contributed by atoms with Gasteiger partial charge < -0.3 is 5.32 Å². The van der Waals surface area contributed by atoms with Crippen molar-refractivity contribution in [2.24, 2.45) is 0 Å². The van der Waals surface area contributed by atoms with Gasteiger partial charge in [-0.3, -0.25) is 0 Å². The zero-order chi connectivity index (χ0) is 15.2. The lowest BCUT2D eigenvalue weighted by Crippen LogP contribution is -2.23. The largest absolute Gasteiger partial charge is 0.309 e. The minimum absolute atomic E-state index is 0.144. The highest BCUT2D eigenvalue weighted by molar-refractivity contribution is 7.99. The molecule has 0 amide bonds. The van der Waals surface area contributed by atoms with Crippen LogP contribution in [0.2, 0.25) is 15.1 Å². The summed E-state index contributed by atoms with van der Waals surface area (Å²) in [5, 5.41) is 5.64. The fourth-order valence-corrected chi connectivity index (χ4v) is 3.75. The summed E-state index contributed by atoms with van der Waals surface area (Å²) in [6.45, 7) is 2.94. The number of rotatable bonds is 6. The fourth-order valence-electron chi connectivity index (χ4n) is 2.02. The second-order valence-electron chi connectivity index (χ2n) is 4.54. The molecule has 0 saturated heterocycles. The van der Waals surface area contributed by atoms with Crippen molar-refractivity contribution in [1.82, 2.24) is 5.32 Å². The number of benzene rings is 2. The molecular weight excluding hydrogens is 345 g/mol. The SMILES string of the molecule is CCNC(CSc1cccc(Cl)c1)c1cc(Cl)ccc1Cl. The molecule has 21 heavy (non-hydrogen) atoms. The van der Waals surface area contributed by atoms with E-state index < -0.39 is 0 Å². The quantitative estimate of drug-likeness (QED) is 0.625. The number of hydrogen-bond acceptors (Lipinski definition) is 2. The van der Waals surface area contributed by atoms with Crippen LogP contribution in [-0.2, 0) is 0 Å². The summed E-state index contributed by atoms with van der Waals surface area (Å²) in [6, 6.07) is 13.6. The topological polar surface area (TPSA) is 12.0 Å². The molecule has 0 aliphatic rings. The predicted molar refractivity (Wildman–Crippen MR) is 95.1 cm³/mol. The monoisotopic (exact) mass is 359 g/mol. The van der Waals surface area contributed by atoms with Crippen molar-refractivity contribution in [3.63, 3.8) is 0 Å². The Morgan fingerprint density at radius 3 is 2.52 bits per heavy atom. The molecule has 1 atom stereocenters. The van der Waals surface area contributed by atoms with Crippen molar-refractivity contribution in [2.75, 3.05) is 12.3 Å². The number of hydrogen-bond donors (Lipinski definition) is 1. The average Bonchev–Trinajstić information content (AvgIpc) is 2.46. The third kappa shape index (κ3) is 5.08. The van der Waals surface area contributed by atoms with Crippen molar-refractivity contribution in [2.45, 2.75) is 17.9 Å². The Balaban J connectivity index is 2.13. The molecular formula is C16H16Cl3NS. The molecule has 1 nitrogen and oxygen atoms in total. The van der Waals surface area contributed by atoms with Gasteiger partial charge in [0.1, 0.15) is 0 Å². The Kier molecular flexibility index (Phi) is 6.72. The summed E-state index contributed by atoms with van der Waals surface area (Å²) in [7, 11) is 0. The molecule has 0 heterocycles. The molecule has 0 aromatic heterocycles. The molecule has 0 radical (unpaired) electrons. The van der Waals surface area contributed by atoms with Gasteiger partial charge >= 0.3 is 0 Å². The first-order chi connectivity index (χ1) is 10.1. The zero-order valence-electron chi connectivity index (χ0n) is 11.6. The first-order valence-corrected chi connectivity index (χ1v) is 8.78. The Morgan fingerprint density at radius 1 is 1.05 bits per heavy atom. The highest BCUT2D eigenvalue weighted by Gasteiger charge is 2.15. The highest BCUT2D eigenvalue weighted by atomic mass is 35.5. The first kappa shape index (κ1) is 17.0. The molecule has 0 aliphatic heterocycles. The van der Waals surface area contributed by atoms with E-state index in [0.29, 0.717) is 5.02 Å². The Bertz CT molecular complexity index is 604. The van der Waals surface area contributed by atoms with E-state index in [2.05, 4.69) is 18.3 Å². The van der Waals surface area contributed by atoms with Gasteiger partial charge in [0.05, 0.1) is 0 Å². The van der Waals surface area contributed by atoms with Gasteiger partial charge in [-0.1, -0.05) is 47.8 Å². The smallest absolute Gasteiger partial charge is 0.0455 e. The van der Waals surface area contributed by atoms with Gasteiger partial charge in [-0.05, 0) is 48.5 Å². The lowest BCUT2D eigenvalue weighted by Gasteiger charge is -2.19. The van der Waals surface area contributed by atoms with Crippen molar-refractivity contribution in [1.29, 1.82) is 0 Å². The summed E-state index contributed by atoms with van der Waals surface area (Å²) in [6.07, 6.45) is 0. The molecule has 2 aromatic carbocycles. The van der Waals surface area contributed by atoms with E-state index in [9.17, 15) is 0 Å². The van der Waals surface area contributed by atoms with Gasteiger partial charge in [0.25, 0.3) is 0 Å². The van der Waals surface area contributed by atoms with Crippen molar-refractivity contribution < 1.29 is 0 Å². The predicted octanol–water partition coefficient (Wildman–Crippen LogP) is 6.09. The Labute approximate surface area is 145 Å². The van der Waals surface area contributed by atoms with Gasteiger partial charge in [-0.25, -0.2) is 0 Å². The number of thioether (sulfide) groups is 1. The normalized spacial score (nSPS) is 12.4. The van der Waals surface area contributed by atoms with Crippen LogP contribution >= 0.6 is 46.6 Å². The molecule has 2 aromatic rings. The van der Waals surface area contributed by atoms with E-state index in [4.69, 9.17) is 34.8 Å². The number of halogens is 3. The Morgan fingerprint density at radius 2 is 1.81 bits per heavy atom. The summed E-state index contributed by atoms with van der Waals surface area (Å²) in [4.78, 5) is 1.14. The molecule has 0 saturated carbocycles. The summed E-state index contributed by atoms with van der Waals surface area (Å²) >= 11 is 20.2. The average molecular weight is 361 g/mol. The lowest BCUT2D eigenvalue weighted by atomic mass is 10.1. The lowest BCUT2D eigenvalue weighted by molar-refractivity contribution is 0.606. The Hall–Kier alpha value is -0.380. The second kappa shape index (κ2) is 8.30. The van der Waals surface area contributed by atoms with Gasteiger partial charge in [0, 0.05) is 31.8 Å². The maximum absolute atomic E-state index is 6.30. The van der Waals surface area contributed by atoms with Crippen LogP contribution in [-0.4, -0.2) is 12.3 Å². The molecule has 2 rings (SSSR count). The summed E-state index contributed by atoms with van der Waals surface area (Å²) < 4.78 is 0. The minimum Gasteiger partial charge on any atom is -0.309 e. The molecule has 1 unspecified atom stereocenters. The molecule has 1 N–H and O–H groups in total. The van der Waals surface area contributed by atoms with Crippen LogP contribution in [0.3, 0.4) is 0 Å². The van der Waals surface area contributed by atoms with Crippen molar-refractivity contribution >= 4 is 46.6 Å². The van der Waals surface area contributed by atoms with Crippen LogP contribution in [0.5, 0.6) is 0 Å². The molecule has 5 heteroatoms. The van der Waals surface area contributed by atoms with E-state index in [-0.39, 0.29) is 6.04 Å². The fraction of sp³-hybridized carbons (Fsp3) is 0.250. The summed E-state index contributed by atoms with van der Waals surface area (Å²) in [5.41, 5.74) is 1.03. The van der Waals surface area contributed by atoms with Crippen LogP contribution in [0, 0.1) is 0 Å². The maximum Gasteiger partial charge on any atom is 0.0455 e. The molecule has 112 valence electrons. The van der Waals surface area contributed by atoms with E-state index in [1.54, 1.807) is 17.8 Å². The van der Waals surface area contributed by atoms with Gasteiger partial charge in [-0.15, -0.1) is 11.8 Å².